The number of thioether (sulfide) groups is 1. The van der Waals surface area contributed by atoms with Crippen molar-refractivity contribution in [1.29, 1.82) is 0 Å². The molecule has 2 nitrogen and oxygen atoms in total. The van der Waals surface area contributed by atoms with E-state index in [0.29, 0.717) is 11.1 Å². The molecule has 0 unspecified atom stereocenters. The average Bonchev–Trinajstić information content (AvgIpc) is 2.54. The molecular weight excluding hydrogens is 266 g/mol. The lowest BCUT2D eigenvalue weighted by Gasteiger charge is -2.04. The zero-order chi connectivity index (χ0) is 13.9. The van der Waals surface area contributed by atoms with Gasteiger partial charge >= 0.3 is 0 Å². The molecule has 0 amide bonds. The van der Waals surface area contributed by atoms with Crippen LogP contribution >= 0.6 is 11.8 Å². The molecule has 0 radical (unpaired) electrons. The molecule has 0 atom stereocenters. The fraction of sp³-hybridized carbons (Fsp3) is 0.0588. The van der Waals surface area contributed by atoms with E-state index in [-0.39, 0.29) is 5.78 Å². The number of hydrogen-bond acceptors (Lipinski definition) is 3. The Morgan fingerprint density at radius 3 is 2.50 bits per heavy atom. The van der Waals surface area contributed by atoms with E-state index in [2.05, 4.69) is 4.98 Å². The average molecular weight is 279 g/mol. The fourth-order valence-electron chi connectivity index (χ4n) is 2.12. The van der Waals surface area contributed by atoms with Gasteiger partial charge in [-0.15, -0.1) is 11.8 Å². The Balaban J connectivity index is 1.98. The summed E-state index contributed by atoms with van der Waals surface area (Å²) in [6.07, 6.45) is 3.76. The Morgan fingerprint density at radius 2 is 1.75 bits per heavy atom. The minimum Gasteiger partial charge on any atom is -0.289 e. The van der Waals surface area contributed by atoms with Crippen molar-refractivity contribution in [2.75, 3.05) is 6.26 Å². The van der Waals surface area contributed by atoms with Crippen molar-refractivity contribution in [3.63, 3.8) is 0 Å². The summed E-state index contributed by atoms with van der Waals surface area (Å²) in [5, 5.41) is 1.04. The lowest BCUT2D eigenvalue weighted by atomic mass is 10.0. The number of nitrogens with zero attached hydrogens (tertiary/aromatic N) is 1. The van der Waals surface area contributed by atoms with Crippen molar-refractivity contribution in [1.82, 2.24) is 4.98 Å². The van der Waals surface area contributed by atoms with Crippen LogP contribution in [0, 0.1) is 0 Å². The number of hydrogen-bond donors (Lipinski definition) is 0. The smallest absolute Gasteiger partial charge is 0.193 e. The molecule has 0 saturated heterocycles. The Hall–Kier alpha value is -2.13. The minimum absolute atomic E-state index is 0.0326. The molecule has 0 aliphatic carbocycles. The Labute approximate surface area is 121 Å². The second kappa shape index (κ2) is 5.47. The molecule has 3 heteroatoms. The molecule has 1 heterocycles. The van der Waals surface area contributed by atoms with E-state index in [1.54, 1.807) is 18.0 Å². The number of benzene rings is 2. The first-order chi connectivity index (χ1) is 9.78. The molecule has 0 aliphatic heterocycles. The minimum atomic E-state index is 0.0326. The highest BCUT2D eigenvalue weighted by Crippen LogP contribution is 2.19. The first-order valence-electron chi connectivity index (χ1n) is 6.31. The summed E-state index contributed by atoms with van der Waals surface area (Å²) < 4.78 is 0. The largest absolute Gasteiger partial charge is 0.289 e. The quantitative estimate of drug-likeness (QED) is 0.532. The van der Waals surface area contributed by atoms with Crippen molar-refractivity contribution in [3.05, 3.63) is 71.9 Å². The fourth-order valence-corrected chi connectivity index (χ4v) is 2.52. The summed E-state index contributed by atoms with van der Waals surface area (Å²) in [6.45, 7) is 0. The molecular formula is C17H13NOS. The summed E-state index contributed by atoms with van der Waals surface area (Å²) in [4.78, 5) is 17.9. The first-order valence-corrected chi connectivity index (χ1v) is 7.54. The summed E-state index contributed by atoms with van der Waals surface area (Å²) >= 11 is 1.67. The molecule has 0 spiro atoms. The molecule has 0 aliphatic rings. The molecule has 20 heavy (non-hydrogen) atoms. The highest BCUT2D eigenvalue weighted by atomic mass is 32.2. The van der Waals surface area contributed by atoms with Gasteiger partial charge in [0.2, 0.25) is 0 Å². The Kier molecular flexibility index (Phi) is 3.52. The second-order valence-corrected chi connectivity index (χ2v) is 5.35. The molecule has 1 aromatic heterocycles. The van der Waals surface area contributed by atoms with Crippen molar-refractivity contribution in [3.8, 4) is 0 Å². The Morgan fingerprint density at radius 1 is 1.00 bits per heavy atom. The zero-order valence-electron chi connectivity index (χ0n) is 11.0. The predicted molar refractivity (Wildman–Crippen MR) is 83.4 cm³/mol. The molecule has 0 saturated carbocycles. The van der Waals surface area contributed by atoms with Crippen molar-refractivity contribution < 1.29 is 4.79 Å². The number of carbonyl (C=O) groups is 1. The third kappa shape index (κ3) is 2.45. The third-order valence-corrected chi connectivity index (χ3v) is 3.96. The standard InChI is InChI=1S/C17H13NOS/c1-20-15-8-6-13(7-9-15)17(19)14-5-4-12-3-2-10-18-16(12)11-14/h2-11H,1H3. The molecule has 0 bridgehead atoms. The summed E-state index contributed by atoms with van der Waals surface area (Å²) in [6, 6.07) is 17.2. The molecule has 3 rings (SSSR count). The van der Waals surface area contributed by atoms with Crippen LogP contribution in [0.4, 0.5) is 0 Å². The monoisotopic (exact) mass is 279 g/mol. The number of pyridine rings is 1. The molecule has 0 N–H and O–H groups in total. The molecule has 98 valence electrons. The van der Waals surface area contributed by atoms with Crippen LogP contribution in [0.15, 0.2) is 65.7 Å². The van der Waals surface area contributed by atoms with Gasteiger partial charge in [0.05, 0.1) is 5.52 Å². The van der Waals surface area contributed by atoms with E-state index < -0.39 is 0 Å². The topological polar surface area (TPSA) is 30.0 Å². The van der Waals surface area contributed by atoms with Gasteiger partial charge < -0.3 is 0 Å². The number of fused-ring (bicyclic) bond motifs is 1. The highest BCUT2D eigenvalue weighted by molar-refractivity contribution is 7.98. The number of ketones is 1. The van der Waals surface area contributed by atoms with Gasteiger partial charge in [0.25, 0.3) is 0 Å². The maximum Gasteiger partial charge on any atom is 0.193 e. The van der Waals surface area contributed by atoms with Crippen LogP contribution in [0.5, 0.6) is 0 Å². The van der Waals surface area contributed by atoms with Crippen LogP contribution in [0.2, 0.25) is 0 Å². The van der Waals surface area contributed by atoms with Crippen LogP contribution < -0.4 is 0 Å². The van der Waals surface area contributed by atoms with Crippen molar-refractivity contribution in [2.24, 2.45) is 0 Å². The molecule has 0 fully saturated rings. The summed E-state index contributed by atoms with van der Waals surface area (Å²) in [5.41, 5.74) is 2.23. The zero-order valence-corrected chi connectivity index (χ0v) is 11.9. The Bertz CT molecular complexity index is 765. The summed E-state index contributed by atoms with van der Waals surface area (Å²) in [5.74, 6) is 0.0326. The maximum absolute atomic E-state index is 12.5. The normalized spacial score (nSPS) is 10.7. The van der Waals surface area contributed by atoms with Gasteiger partial charge in [-0.25, -0.2) is 0 Å². The van der Waals surface area contributed by atoms with E-state index in [9.17, 15) is 4.79 Å². The van der Waals surface area contributed by atoms with Crippen LogP contribution in [-0.4, -0.2) is 17.0 Å². The van der Waals surface area contributed by atoms with E-state index in [4.69, 9.17) is 0 Å². The van der Waals surface area contributed by atoms with Crippen LogP contribution in [0.1, 0.15) is 15.9 Å². The van der Waals surface area contributed by atoms with Crippen molar-refractivity contribution in [2.45, 2.75) is 4.90 Å². The lowest BCUT2D eigenvalue weighted by molar-refractivity contribution is 0.103. The van der Waals surface area contributed by atoms with Gasteiger partial charge in [0, 0.05) is 27.6 Å². The van der Waals surface area contributed by atoms with Gasteiger partial charge in [-0.2, -0.15) is 0 Å². The lowest BCUT2D eigenvalue weighted by Crippen LogP contribution is -2.01. The van der Waals surface area contributed by atoms with Gasteiger partial charge in [-0.1, -0.05) is 18.2 Å². The van der Waals surface area contributed by atoms with Crippen molar-refractivity contribution >= 4 is 28.4 Å². The van der Waals surface area contributed by atoms with Crippen LogP contribution in [-0.2, 0) is 0 Å². The second-order valence-electron chi connectivity index (χ2n) is 4.47. The SMILES string of the molecule is CSc1ccc(C(=O)c2ccc3cccnc3c2)cc1. The number of aromatic nitrogens is 1. The number of carbonyl (C=O) groups excluding carboxylic acids is 1. The van der Waals surface area contributed by atoms with Gasteiger partial charge in [-0.3, -0.25) is 9.78 Å². The van der Waals surface area contributed by atoms with Gasteiger partial charge in [0.15, 0.2) is 5.78 Å². The molecule has 2 aromatic carbocycles. The highest BCUT2D eigenvalue weighted by Gasteiger charge is 2.09. The van der Waals surface area contributed by atoms with E-state index in [1.165, 1.54) is 0 Å². The van der Waals surface area contributed by atoms with E-state index in [1.807, 2.05) is 60.9 Å². The summed E-state index contributed by atoms with van der Waals surface area (Å²) in [7, 11) is 0. The maximum atomic E-state index is 12.5. The van der Waals surface area contributed by atoms with Gasteiger partial charge in [0.1, 0.15) is 0 Å². The van der Waals surface area contributed by atoms with Gasteiger partial charge in [-0.05, 0) is 42.7 Å². The third-order valence-electron chi connectivity index (χ3n) is 3.22. The van der Waals surface area contributed by atoms with Crippen LogP contribution in [0.3, 0.4) is 0 Å². The molecule has 3 aromatic rings. The first kappa shape index (κ1) is 12.9. The number of rotatable bonds is 3. The predicted octanol–water partition coefficient (Wildman–Crippen LogP) is 4.19. The van der Waals surface area contributed by atoms with Crippen LogP contribution in [0.25, 0.3) is 10.9 Å². The van der Waals surface area contributed by atoms with E-state index >= 15 is 0 Å². The van der Waals surface area contributed by atoms with E-state index in [0.717, 1.165) is 15.8 Å².